The summed E-state index contributed by atoms with van der Waals surface area (Å²) in [4.78, 5) is 34.7. The highest BCUT2D eigenvalue weighted by molar-refractivity contribution is 7.98. The molecular weight excluding hydrogens is 415 g/mol. The van der Waals surface area contributed by atoms with Crippen LogP contribution in [0.2, 0.25) is 0 Å². The number of anilines is 2. The number of para-hydroxylation sites is 2. The number of imide groups is 1. The lowest BCUT2D eigenvalue weighted by Gasteiger charge is -2.29. The van der Waals surface area contributed by atoms with Gasteiger partial charge in [0.05, 0.1) is 17.4 Å². The van der Waals surface area contributed by atoms with Gasteiger partial charge < -0.3 is 0 Å². The van der Waals surface area contributed by atoms with E-state index in [1.807, 2.05) is 60.9 Å². The third-order valence-electron chi connectivity index (χ3n) is 5.68. The Hall–Kier alpha value is -3.16. The first kappa shape index (κ1) is 19.8. The van der Waals surface area contributed by atoms with Crippen molar-refractivity contribution in [2.24, 2.45) is 5.92 Å². The molecule has 2 heterocycles. The number of amides is 2. The highest BCUT2D eigenvalue weighted by atomic mass is 32.2. The summed E-state index contributed by atoms with van der Waals surface area (Å²) < 4.78 is 14.4. The molecule has 0 unspecified atom stereocenters. The van der Waals surface area contributed by atoms with Crippen LogP contribution in [-0.4, -0.2) is 24.2 Å². The van der Waals surface area contributed by atoms with Crippen molar-refractivity contribution in [1.29, 1.82) is 0 Å². The van der Waals surface area contributed by atoms with Gasteiger partial charge in [0.15, 0.2) is 6.10 Å². The fraction of sp³-hybridized carbons (Fsp3) is 0.167. The Morgan fingerprint density at radius 2 is 1.55 bits per heavy atom. The highest BCUT2D eigenvalue weighted by Gasteiger charge is 2.60. The first-order valence-electron chi connectivity index (χ1n) is 9.87. The second kappa shape index (κ2) is 7.83. The van der Waals surface area contributed by atoms with Crippen molar-refractivity contribution in [2.45, 2.75) is 17.0 Å². The monoisotopic (exact) mass is 434 g/mol. The molecule has 2 aliphatic rings. The predicted octanol–water partition coefficient (Wildman–Crippen LogP) is 4.60. The number of thioether (sulfide) groups is 1. The SMILES string of the molecule is CSc1ccc([C@H]2[C@@H]3C(=O)N(c4ccccc4F)C(=O)[C@H]3ON2c2ccccc2)cc1. The van der Waals surface area contributed by atoms with Gasteiger partial charge in [-0.05, 0) is 48.2 Å². The van der Waals surface area contributed by atoms with E-state index in [2.05, 4.69) is 0 Å². The maximum atomic E-state index is 14.4. The molecule has 5 rings (SSSR count). The molecular formula is C24H19FN2O3S. The molecule has 0 radical (unpaired) electrons. The van der Waals surface area contributed by atoms with Crippen LogP contribution in [0.15, 0.2) is 83.8 Å². The lowest BCUT2D eigenvalue weighted by molar-refractivity contribution is -0.126. The van der Waals surface area contributed by atoms with Crippen LogP contribution < -0.4 is 9.96 Å². The molecule has 2 fully saturated rings. The molecule has 0 spiro atoms. The Balaban J connectivity index is 1.59. The van der Waals surface area contributed by atoms with Crippen LogP contribution in [0.1, 0.15) is 11.6 Å². The lowest BCUT2D eigenvalue weighted by Crippen LogP contribution is -2.37. The third-order valence-corrected chi connectivity index (χ3v) is 6.42. The first-order chi connectivity index (χ1) is 15.1. The van der Waals surface area contributed by atoms with Gasteiger partial charge in [0, 0.05) is 4.90 Å². The van der Waals surface area contributed by atoms with Crippen LogP contribution in [0, 0.1) is 11.7 Å². The maximum absolute atomic E-state index is 14.4. The van der Waals surface area contributed by atoms with E-state index in [-0.39, 0.29) is 5.69 Å². The van der Waals surface area contributed by atoms with Crippen LogP contribution in [0.25, 0.3) is 0 Å². The minimum absolute atomic E-state index is 0.0433. The Labute approximate surface area is 183 Å². The van der Waals surface area contributed by atoms with Crippen LogP contribution in [-0.2, 0) is 14.4 Å². The molecule has 0 aliphatic carbocycles. The second-order valence-corrected chi connectivity index (χ2v) is 8.27. The zero-order valence-corrected chi connectivity index (χ0v) is 17.5. The maximum Gasteiger partial charge on any atom is 0.266 e. The molecule has 7 heteroatoms. The number of carbonyl (C=O) groups excluding carboxylic acids is 2. The fourth-order valence-electron chi connectivity index (χ4n) is 4.22. The summed E-state index contributed by atoms with van der Waals surface area (Å²) in [5.74, 6) is -2.42. The molecule has 3 aromatic carbocycles. The predicted molar refractivity (Wildman–Crippen MR) is 117 cm³/mol. The van der Waals surface area contributed by atoms with Crippen molar-refractivity contribution in [1.82, 2.24) is 0 Å². The van der Waals surface area contributed by atoms with Crippen molar-refractivity contribution in [3.05, 3.63) is 90.2 Å². The largest absolute Gasteiger partial charge is 0.273 e. The molecule has 31 heavy (non-hydrogen) atoms. The van der Waals surface area contributed by atoms with E-state index >= 15 is 0 Å². The highest BCUT2D eigenvalue weighted by Crippen LogP contribution is 2.47. The van der Waals surface area contributed by atoms with Gasteiger partial charge in [0.1, 0.15) is 11.7 Å². The fourth-order valence-corrected chi connectivity index (χ4v) is 4.63. The Bertz CT molecular complexity index is 1140. The van der Waals surface area contributed by atoms with E-state index < -0.39 is 35.7 Å². The zero-order valence-electron chi connectivity index (χ0n) is 16.6. The van der Waals surface area contributed by atoms with E-state index in [9.17, 15) is 14.0 Å². The smallest absolute Gasteiger partial charge is 0.266 e. The van der Waals surface area contributed by atoms with E-state index in [0.717, 1.165) is 21.0 Å². The second-order valence-electron chi connectivity index (χ2n) is 7.39. The summed E-state index contributed by atoms with van der Waals surface area (Å²) in [6.07, 6.45) is 0.975. The van der Waals surface area contributed by atoms with Gasteiger partial charge in [-0.15, -0.1) is 11.8 Å². The number of nitrogens with zero attached hydrogens (tertiary/aromatic N) is 2. The summed E-state index contributed by atoms with van der Waals surface area (Å²) >= 11 is 1.62. The third kappa shape index (κ3) is 3.21. The van der Waals surface area contributed by atoms with Crippen LogP contribution >= 0.6 is 11.8 Å². The summed E-state index contributed by atoms with van der Waals surface area (Å²) in [5.41, 5.74) is 1.55. The zero-order chi connectivity index (χ0) is 21.5. The Morgan fingerprint density at radius 3 is 2.23 bits per heavy atom. The van der Waals surface area contributed by atoms with Gasteiger partial charge in [0.25, 0.3) is 5.91 Å². The van der Waals surface area contributed by atoms with Gasteiger partial charge >= 0.3 is 0 Å². The number of hydroxylamine groups is 1. The van der Waals surface area contributed by atoms with Crippen molar-refractivity contribution in [2.75, 3.05) is 16.2 Å². The van der Waals surface area contributed by atoms with E-state index in [0.29, 0.717) is 0 Å². The van der Waals surface area contributed by atoms with Gasteiger partial charge in [-0.3, -0.25) is 14.4 Å². The topological polar surface area (TPSA) is 49.9 Å². The average Bonchev–Trinajstić information content (AvgIpc) is 3.31. The number of halogens is 1. The van der Waals surface area contributed by atoms with E-state index in [4.69, 9.17) is 4.84 Å². The summed E-state index contributed by atoms with van der Waals surface area (Å²) in [7, 11) is 0. The number of fused-ring (bicyclic) bond motifs is 1. The molecule has 2 aliphatic heterocycles. The first-order valence-corrected chi connectivity index (χ1v) is 11.1. The summed E-state index contributed by atoms with van der Waals surface area (Å²) in [5, 5.41) is 1.64. The molecule has 5 nitrogen and oxygen atoms in total. The van der Waals surface area contributed by atoms with Crippen molar-refractivity contribution >= 4 is 35.0 Å². The minimum Gasteiger partial charge on any atom is -0.273 e. The van der Waals surface area contributed by atoms with E-state index in [1.54, 1.807) is 22.9 Å². The number of carbonyl (C=O) groups is 2. The molecule has 156 valence electrons. The van der Waals surface area contributed by atoms with Gasteiger partial charge in [-0.1, -0.05) is 42.5 Å². The van der Waals surface area contributed by atoms with Crippen molar-refractivity contribution in [3.8, 4) is 0 Å². The molecule has 0 N–H and O–H groups in total. The quantitative estimate of drug-likeness (QED) is 0.444. The number of hydrogen-bond donors (Lipinski definition) is 0. The average molecular weight is 434 g/mol. The Morgan fingerprint density at radius 1 is 0.871 bits per heavy atom. The van der Waals surface area contributed by atoms with Gasteiger partial charge in [0.2, 0.25) is 5.91 Å². The van der Waals surface area contributed by atoms with Crippen LogP contribution in [0.5, 0.6) is 0 Å². The minimum atomic E-state index is -1.02. The van der Waals surface area contributed by atoms with Crippen molar-refractivity contribution < 1.29 is 18.8 Å². The summed E-state index contributed by atoms with van der Waals surface area (Å²) in [6, 6.07) is 22.5. The van der Waals surface area contributed by atoms with E-state index in [1.165, 1.54) is 18.2 Å². The molecule has 2 saturated heterocycles. The molecule has 0 aromatic heterocycles. The number of benzene rings is 3. The van der Waals surface area contributed by atoms with Crippen LogP contribution in [0.3, 0.4) is 0 Å². The Kier molecular flexibility index (Phi) is 5.00. The normalized spacial score (nSPS) is 22.8. The molecule has 0 bridgehead atoms. The van der Waals surface area contributed by atoms with Crippen molar-refractivity contribution in [3.63, 3.8) is 0 Å². The van der Waals surface area contributed by atoms with Gasteiger partial charge in [-0.2, -0.15) is 0 Å². The molecule has 0 saturated carbocycles. The van der Waals surface area contributed by atoms with Crippen LogP contribution in [0.4, 0.5) is 15.8 Å². The lowest BCUT2D eigenvalue weighted by atomic mass is 9.90. The summed E-state index contributed by atoms with van der Waals surface area (Å²) in [6.45, 7) is 0. The number of hydrogen-bond acceptors (Lipinski definition) is 5. The standard InChI is InChI=1S/C24H19FN2O3S/c1-31-17-13-11-15(12-14-17)21-20-22(30-27(21)16-7-3-2-4-8-16)24(29)26(23(20)28)19-10-6-5-9-18(19)25/h2-14,20-22H,1H3/t20-,21-,22-/m0/s1. The molecule has 3 atom stereocenters. The molecule has 3 aromatic rings. The molecule has 2 amide bonds. The van der Waals surface area contributed by atoms with Gasteiger partial charge in [-0.25, -0.2) is 14.4 Å². The number of rotatable bonds is 4.